The lowest BCUT2D eigenvalue weighted by Gasteiger charge is -2.14. The Labute approximate surface area is 129 Å². The van der Waals surface area contributed by atoms with Crippen LogP contribution >= 0.6 is 11.3 Å². The minimum Gasteiger partial charge on any atom is -0.359 e. The highest BCUT2D eigenvalue weighted by atomic mass is 32.1. The molecule has 0 saturated carbocycles. The van der Waals surface area contributed by atoms with Crippen molar-refractivity contribution in [2.45, 2.75) is 25.6 Å². The highest BCUT2D eigenvalue weighted by Gasteiger charge is 2.29. The van der Waals surface area contributed by atoms with E-state index in [-0.39, 0.29) is 0 Å². The molecule has 120 valence electrons. The lowest BCUT2D eigenvalue weighted by atomic mass is 10.3. The van der Waals surface area contributed by atoms with Crippen LogP contribution in [-0.4, -0.2) is 36.3 Å². The molecule has 22 heavy (non-hydrogen) atoms. The van der Waals surface area contributed by atoms with E-state index >= 15 is 0 Å². The molecule has 1 atom stereocenters. The van der Waals surface area contributed by atoms with Crippen molar-refractivity contribution < 1.29 is 22.7 Å². The lowest BCUT2D eigenvalue weighted by molar-refractivity contribution is -0.185. The van der Waals surface area contributed by atoms with E-state index in [0.29, 0.717) is 13.0 Å². The summed E-state index contributed by atoms with van der Waals surface area (Å²) >= 11 is 1.53. The molecule has 1 aromatic heterocycles. The van der Waals surface area contributed by atoms with Gasteiger partial charge in [0.15, 0.2) is 0 Å². The second-order valence-corrected chi connectivity index (χ2v) is 5.80. The van der Waals surface area contributed by atoms with Gasteiger partial charge in [0.25, 0.3) is 0 Å². The molecule has 0 aliphatic carbocycles. The monoisotopic (exact) mass is 332 g/mol. The van der Waals surface area contributed by atoms with Crippen LogP contribution in [0.2, 0.25) is 0 Å². The maximum absolute atomic E-state index is 12.0. The SMILES string of the molecule is C[C@@H](OCC(F)(F)F)C(=O)NCCc1nc2ccccc2s1. The van der Waals surface area contributed by atoms with Gasteiger partial charge >= 0.3 is 6.18 Å². The van der Waals surface area contributed by atoms with E-state index in [0.717, 1.165) is 15.2 Å². The minimum atomic E-state index is -4.43. The Bertz CT molecular complexity index is 609. The van der Waals surface area contributed by atoms with E-state index < -0.39 is 24.8 Å². The average Bonchev–Trinajstić information content (AvgIpc) is 2.86. The van der Waals surface area contributed by atoms with Crippen molar-refractivity contribution >= 4 is 27.5 Å². The van der Waals surface area contributed by atoms with E-state index in [4.69, 9.17) is 0 Å². The number of hydrogen-bond donors (Lipinski definition) is 1. The summed E-state index contributed by atoms with van der Waals surface area (Å²) in [5, 5.41) is 3.41. The number of alkyl halides is 3. The molecule has 0 aliphatic rings. The van der Waals surface area contributed by atoms with Crippen LogP contribution in [0.3, 0.4) is 0 Å². The van der Waals surface area contributed by atoms with E-state index in [1.54, 1.807) is 0 Å². The lowest BCUT2D eigenvalue weighted by Crippen LogP contribution is -2.37. The molecule has 1 N–H and O–H groups in total. The third-order valence-electron chi connectivity index (χ3n) is 2.84. The number of thiazole rings is 1. The van der Waals surface area contributed by atoms with Gasteiger partial charge in [-0.25, -0.2) is 4.98 Å². The predicted octanol–water partition coefficient (Wildman–Crippen LogP) is 2.92. The number of rotatable bonds is 6. The Hall–Kier alpha value is -1.67. The molecule has 1 aromatic carbocycles. The largest absolute Gasteiger partial charge is 0.411 e. The summed E-state index contributed by atoms with van der Waals surface area (Å²) in [5.74, 6) is -0.564. The van der Waals surface area contributed by atoms with Crippen LogP contribution in [-0.2, 0) is 16.0 Å². The number of fused-ring (bicyclic) bond motifs is 1. The van der Waals surface area contributed by atoms with Crippen LogP contribution in [0, 0.1) is 0 Å². The first-order chi connectivity index (χ1) is 10.3. The molecule has 0 unspecified atom stereocenters. The van der Waals surface area contributed by atoms with E-state index in [9.17, 15) is 18.0 Å². The first-order valence-corrected chi connectivity index (χ1v) is 7.47. The number of carbonyl (C=O) groups excluding carboxylic acids is 1. The van der Waals surface area contributed by atoms with Gasteiger partial charge in [-0.05, 0) is 19.1 Å². The Balaban J connectivity index is 1.76. The fourth-order valence-electron chi connectivity index (χ4n) is 1.76. The maximum atomic E-state index is 12.0. The molecule has 0 spiro atoms. The normalized spacial score (nSPS) is 13.3. The molecule has 1 heterocycles. The van der Waals surface area contributed by atoms with Gasteiger partial charge in [0.2, 0.25) is 5.91 Å². The molecule has 0 radical (unpaired) electrons. The van der Waals surface area contributed by atoms with Gasteiger partial charge in [0.05, 0.1) is 15.2 Å². The Morgan fingerprint density at radius 3 is 2.82 bits per heavy atom. The molecular weight excluding hydrogens is 317 g/mol. The molecule has 0 bridgehead atoms. The number of aromatic nitrogens is 1. The molecule has 1 amide bonds. The first-order valence-electron chi connectivity index (χ1n) is 6.65. The molecule has 2 aromatic rings. The number of nitrogens with one attached hydrogen (secondary N) is 1. The molecule has 0 fully saturated rings. The van der Waals surface area contributed by atoms with Crippen molar-refractivity contribution in [2.24, 2.45) is 0 Å². The highest BCUT2D eigenvalue weighted by molar-refractivity contribution is 7.18. The number of para-hydroxylation sites is 1. The summed E-state index contributed by atoms with van der Waals surface area (Å²) in [7, 11) is 0. The third-order valence-corrected chi connectivity index (χ3v) is 3.94. The van der Waals surface area contributed by atoms with Crippen molar-refractivity contribution in [3.8, 4) is 0 Å². The van der Waals surface area contributed by atoms with Crippen LogP contribution in [0.15, 0.2) is 24.3 Å². The standard InChI is InChI=1S/C14H15F3N2O2S/c1-9(21-8-14(15,16)17)13(20)18-7-6-12-19-10-4-2-3-5-11(10)22-12/h2-5,9H,6-8H2,1H3,(H,18,20)/t9-/m1/s1. The van der Waals surface area contributed by atoms with Gasteiger partial charge in [-0.3, -0.25) is 4.79 Å². The number of ether oxygens (including phenoxy) is 1. The summed E-state index contributed by atoms with van der Waals surface area (Å²) in [5.41, 5.74) is 0.899. The second kappa shape index (κ2) is 7.06. The zero-order chi connectivity index (χ0) is 16.2. The smallest absolute Gasteiger partial charge is 0.359 e. The molecular formula is C14H15F3N2O2S. The molecule has 8 heteroatoms. The zero-order valence-corrected chi connectivity index (χ0v) is 12.6. The number of hydrogen-bond acceptors (Lipinski definition) is 4. The Kier molecular flexibility index (Phi) is 5.36. The first kappa shape index (κ1) is 16.7. The van der Waals surface area contributed by atoms with Crippen molar-refractivity contribution in [1.82, 2.24) is 10.3 Å². The van der Waals surface area contributed by atoms with E-state index in [2.05, 4.69) is 15.0 Å². The maximum Gasteiger partial charge on any atom is 0.411 e. The molecule has 2 rings (SSSR count). The topological polar surface area (TPSA) is 51.2 Å². The van der Waals surface area contributed by atoms with Crippen LogP contribution in [0.25, 0.3) is 10.2 Å². The van der Waals surface area contributed by atoms with Crippen molar-refractivity contribution in [2.75, 3.05) is 13.2 Å². The fraction of sp³-hybridized carbons (Fsp3) is 0.429. The van der Waals surface area contributed by atoms with Crippen LogP contribution in [0.1, 0.15) is 11.9 Å². The zero-order valence-electron chi connectivity index (χ0n) is 11.8. The molecule has 0 saturated heterocycles. The Morgan fingerprint density at radius 2 is 2.14 bits per heavy atom. The van der Waals surface area contributed by atoms with Crippen LogP contribution < -0.4 is 5.32 Å². The van der Waals surface area contributed by atoms with Crippen LogP contribution in [0.4, 0.5) is 13.2 Å². The highest BCUT2D eigenvalue weighted by Crippen LogP contribution is 2.21. The summed E-state index contributed by atoms with van der Waals surface area (Å²) in [6.07, 6.45) is -5.05. The van der Waals surface area contributed by atoms with Gasteiger partial charge in [-0.15, -0.1) is 11.3 Å². The third kappa shape index (κ3) is 4.96. The summed E-state index contributed by atoms with van der Waals surface area (Å²) in [4.78, 5) is 16.0. The van der Waals surface area contributed by atoms with E-state index in [1.807, 2.05) is 24.3 Å². The van der Waals surface area contributed by atoms with Crippen LogP contribution in [0.5, 0.6) is 0 Å². The van der Waals surface area contributed by atoms with Gasteiger partial charge in [-0.1, -0.05) is 12.1 Å². The molecule has 0 aliphatic heterocycles. The Morgan fingerprint density at radius 1 is 1.41 bits per heavy atom. The fourth-order valence-corrected chi connectivity index (χ4v) is 2.73. The number of benzene rings is 1. The van der Waals surface area contributed by atoms with Gasteiger partial charge in [-0.2, -0.15) is 13.2 Å². The van der Waals surface area contributed by atoms with Gasteiger partial charge in [0.1, 0.15) is 12.7 Å². The number of carbonyl (C=O) groups is 1. The summed E-state index contributed by atoms with van der Waals surface area (Å²) in [6.45, 7) is 0.163. The summed E-state index contributed by atoms with van der Waals surface area (Å²) < 4.78 is 41.5. The number of nitrogens with zero attached hydrogens (tertiary/aromatic N) is 1. The van der Waals surface area contributed by atoms with E-state index in [1.165, 1.54) is 18.3 Å². The van der Waals surface area contributed by atoms with Crippen molar-refractivity contribution in [3.63, 3.8) is 0 Å². The van der Waals surface area contributed by atoms with Gasteiger partial charge < -0.3 is 10.1 Å². The second-order valence-electron chi connectivity index (χ2n) is 4.68. The molecule has 4 nitrogen and oxygen atoms in total. The van der Waals surface area contributed by atoms with Crippen molar-refractivity contribution in [1.29, 1.82) is 0 Å². The number of amides is 1. The summed E-state index contributed by atoms with van der Waals surface area (Å²) in [6, 6.07) is 7.68. The predicted molar refractivity (Wildman–Crippen MR) is 77.8 cm³/mol. The average molecular weight is 332 g/mol. The van der Waals surface area contributed by atoms with Gasteiger partial charge in [0, 0.05) is 13.0 Å². The quantitative estimate of drug-likeness (QED) is 0.885. The van der Waals surface area contributed by atoms with Crippen molar-refractivity contribution in [3.05, 3.63) is 29.3 Å². The minimum absolute atomic E-state index is 0.304. The number of halogens is 3.